The molecule has 0 aliphatic rings. The summed E-state index contributed by atoms with van der Waals surface area (Å²) in [7, 11) is 1.53. The van der Waals surface area contributed by atoms with Crippen LogP contribution in [0.4, 0.5) is 5.69 Å². The Hall–Kier alpha value is -3.37. The Morgan fingerprint density at radius 2 is 1.73 bits per heavy atom. The molecule has 0 spiro atoms. The number of carbonyl (C=O) groups is 2. The number of anilines is 1. The zero-order valence-electron chi connectivity index (χ0n) is 17.3. The van der Waals surface area contributed by atoms with Crippen LogP contribution in [0.3, 0.4) is 0 Å². The number of aromatic hydroxyl groups is 1. The van der Waals surface area contributed by atoms with Crippen LogP contribution in [0, 0.1) is 0 Å². The number of carbonyl (C=O) groups excluding carboxylic acids is 2. The van der Waals surface area contributed by atoms with Crippen LogP contribution in [0.15, 0.2) is 74.7 Å². The second-order valence-corrected chi connectivity index (χ2v) is 8.30. The highest BCUT2D eigenvalue weighted by Crippen LogP contribution is 2.33. The van der Waals surface area contributed by atoms with E-state index in [0.717, 1.165) is 0 Å². The number of amides is 2. The van der Waals surface area contributed by atoms with Gasteiger partial charge in [-0.05, 0) is 86.0 Å². The molecule has 0 saturated heterocycles. The van der Waals surface area contributed by atoms with E-state index in [4.69, 9.17) is 9.47 Å². The molecule has 10 heteroatoms. The Morgan fingerprint density at radius 3 is 2.39 bits per heavy atom. The van der Waals surface area contributed by atoms with Gasteiger partial charge >= 0.3 is 0 Å². The molecule has 0 heterocycles. The molecule has 0 aliphatic carbocycles. The molecule has 0 atom stereocenters. The van der Waals surface area contributed by atoms with Gasteiger partial charge in [-0.1, -0.05) is 12.1 Å². The molecule has 3 rings (SSSR count). The molecule has 33 heavy (non-hydrogen) atoms. The van der Waals surface area contributed by atoms with Crippen LogP contribution in [0.25, 0.3) is 0 Å². The van der Waals surface area contributed by atoms with Crippen molar-refractivity contribution in [1.82, 2.24) is 5.43 Å². The highest BCUT2D eigenvalue weighted by molar-refractivity contribution is 9.11. The Labute approximate surface area is 206 Å². The number of hydrogen-bond acceptors (Lipinski definition) is 6. The molecule has 0 bridgehead atoms. The molecule has 2 amide bonds. The predicted octanol–water partition coefficient (Wildman–Crippen LogP) is 4.71. The number of nitrogens with one attached hydrogen (secondary N) is 2. The minimum Gasteiger partial charge on any atom is -0.506 e. The molecule has 0 fully saturated rings. The highest BCUT2D eigenvalue weighted by atomic mass is 79.9. The van der Waals surface area contributed by atoms with Gasteiger partial charge in [-0.2, -0.15) is 5.10 Å². The summed E-state index contributed by atoms with van der Waals surface area (Å²) >= 11 is 6.36. The highest BCUT2D eigenvalue weighted by Gasteiger charge is 2.11. The number of benzene rings is 3. The zero-order valence-corrected chi connectivity index (χ0v) is 20.5. The van der Waals surface area contributed by atoms with E-state index in [9.17, 15) is 14.7 Å². The van der Waals surface area contributed by atoms with Crippen molar-refractivity contribution in [2.75, 3.05) is 19.0 Å². The summed E-state index contributed by atoms with van der Waals surface area (Å²) in [6.07, 6.45) is 1.47. The van der Waals surface area contributed by atoms with E-state index in [1.807, 2.05) is 6.07 Å². The van der Waals surface area contributed by atoms with Crippen LogP contribution < -0.4 is 20.2 Å². The molecule has 170 valence electrons. The lowest BCUT2D eigenvalue weighted by atomic mass is 10.2. The number of ether oxygens (including phenoxy) is 2. The SMILES string of the molecule is COc1ccccc1NC(=O)COc1ccc(/C=N\NC(=O)c2cc(Br)c(O)c(Br)c2)cc1. The molecule has 0 aliphatic heterocycles. The van der Waals surface area contributed by atoms with Gasteiger partial charge in [-0.25, -0.2) is 5.43 Å². The van der Waals surface area contributed by atoms with E-state index in [2.05, 4.69) is 47.7 Å². The number of hydrazone groups is 1. The van der Waals surface area contributed by atoms with Gasteiger partial charge < -0.3 is 19.9 Å². The minimum atomic E-state index is -0.436. The summed E-state index contributed by atoms with van der Waals surface area (Å²) in [6.45, 7) is -0.167. The van der Waals surface area contributed by atoms with Gasteiger partial charge in [0.05, 0.1) is 28.0 Å². The number of methoxy groups -OCH3 is 1. The smallest absolute Gasteiger partial charge is 0.271 e. The van der Waals surface area contributed by atoms with Gasteiger partial charge in [0.2, 0.25) is 0 Å². The van der Waals surface area contributed by atoms with E-state index in [-0.39, 0.29) is 18.3 Å². The van der Waals surface area contributed by atoms with Crippen LogP contribution in [-0.4, -0.2) is 36.9 Å². The Kier molecular flexibility index (Phi) is 8.45. The van der Waals surface area contributed by atoms with Crippen LogP contribution in [-0.2, 0) is 4.79 Å². The lowest BCUT2D eigenvalue weighted by molar-refractivity contribution is -0.118. The summed E-state index contributed by atoms with van der Waals surface area (Å²) in [4.78, 5) is 24.3. The molecule has 0 radical (unpaired) electrons. The van der Waals surface area contributed by atoms with Crippen molar-refractivity contribution in [3.63, 3.8) is 0 Å². The second kappa shape index (κ2) is 11.5. The molecule has 8 nitrogen and oxygen atoms in total. The fourth-order valence-corrected chi connectivity index (χ4v) is 3.85. The first-order chi connectivity index (χ1) is 15.9. The van der Waals surface area contributed by atoms with Crippen molar-refractivity contribution in [3.8, 4) is 17.2 Å². The lowest BCUT2D eigenvalue weighted by Gasteiger charge is -2.10. The number of para-hydroxylation sites is 2. The van der Waals surface area contributed by atoms with Gasteiger partial charge in [0.1, 0.15) is 17.2 Å². The predicted molar refractivity (Wildman–Crippen MR) is 132 cm³/mol. The number of phenolic OH excluding ortho intramolecular Hbond substituents is 1. The lowest BCUT2D eigenvalue weighted by Crippen LogP contribution is -2.20. The van der Waals surface area contributed by atoms with Gasteiger partial charge in [0, 0.05) is 5.56 Å². The summed E-state index contributed by atoms with van der Waals surface area (Å²) < 4.78 is 11.5. The van der Waals surface area contributed by atoms with E-state index in [1.54, 1.807) is 42.5 Å². The van der Waals surface area contributed by atoms with Crippen molar-refractivity contribution in [2.24, 2.45) is 5.10 Å². The maximum atomic E-state index is 12.2. The first kappa shape index (κ1) is 24.3. The van der Waals surface area contributed by atoms with Gasteiger partial charge in [-0.3, -0.25) is 9.59 Å². The summed E-state index contributed by atoms with van der Waals surface area (Å²) in [5.74, 6) is 0.320. The summed E-state index contributed by atoms with van der Waals surface area (Å²) in [5.41, 5.74) is 4.02. The molecule has 3 aromatic rings. The summed E-state index contributed by atoms with van der Waals surface area (Å²) in [5, 5.41) is 16.4. The number of phenols is 1. The van der Waals surface area contributed by atoms with Gasteiger partial charge in [0.15, 0.2) is 6.61 Å². The average Bonchev–Trinajstić information content (AvgIpc) is 2.82. The number of rotatable bonds is 8. The molecule has 0 saturated carbocycles. The van der Waals surface area contributed by atoms with E-state index >= 15 is 0 Å². The van der Waals surface area contributed by atoms with Crippen molar-refractivity contribution < 1.29 is 24.2 Å². The van der Waals surface area contributed by atoms with E-state index < -0.39 is 5.91 Å². The van der Waals surface area contributed by atoms with Crippen molar-refractivity contribution >= 4 is 55.6 Å². The normalized spacial score (nSPS) is 10.6. The summed E-state index contributed by atoms with van der Waals surface area (Å²) in [6, 6.07) is 16.9. The molecular formula is C23H19Br2N3O5. The first-order valence-electron chi connectivity index (χ1n) is 9.54. The van der Waals surface area contributed by atoms with Crippen LogP contribution >= 0.6 is 31.9 Å². The largest absolute Gasteiger partial charge is 0.506 e. The molecule has 3 N–H and O–H groups in total. The first-order valence-corrected chi connectivity index (χ1v) is 11.1. The van der Waals surface area contributed by atoms with Gasteiger partial charge in [-0.15, -0.1) is 0 Å². The monoisotopic (exact) mass is 575 g/mol. The van der Waals surface area contributed by atoms with Crippen molar-refractivity contribution in [2.45, 2.75) is 0 Å². The third kappa shape index (κ3) is 6.80. The van der Waals surface area contributed by atoms with Crippen LogP contribution in [0.1, 0.15) is 15.9 Å². The van der Waals surface area contributed by atoms with Crippen molar-refractivity contribution in [3.05, 3.63) is 80.7 Å². The zero-order chi connectivity index (χ0) is 23.8. The standard InChI is InChI=1S/C23H19Br2N3O5/c1-32-20-5-3-2-4-19(20)27-21(29)13-33-16-8-6-14(7-9-16)12-26-28-23(31)15-10-17(24)22(30)18(25)11-15/h2-12,30H,13H2,1H3,(H,27,29)(H,28,31)/b26-12-. The minimum absolute atomic E-state index is 0.00892. The molecular weight excluding hydrogens is 558 g/mol. The fraction of sp³-hybridized carbons (Fsp3) is 0.0870. The second-order valence-electron chi connectivity index (χ2n) is 6.59. The third-order valence-corrected chi connectivity index (χ3v) is 5.50. The van der Waals surface area contributed by atoms with Crippen LogP contribution in [0.2, 0.25) is 0 Å². The average molecular weight is 577 g/mol. The molecule has 3 aromatic carbocycles. The van der Waals surface area contributed by atoms with Gasteiger partial charge in [0.25, 0.3) is 11.8 Å². The Balaban J connectivity index is 1.50. The Bertz CT molecular complexity index is 1160. The molecule has 0 unspecified atom stereocenters. The Morgan fingerprint density at radius 1 is 1.06 bits per heavy atom. The van der Waals surface area contributed by atoms with E-state index in [0.29, 0.717) is 37.3 Å². The van der Waals surface area contributed by atoms with Crippen molar-refractivity contribution in [1.29, 1.82) is 0 Å². The number of halogens is 2. The quantitative estimate of drug-likeness (QED) is 0.266. The topological polar surface area (TPSA) is 109 Å². The maximum Gasteiger partial charge on any atom is 0.271 e. The number of nitrogens with zero attached hydrogens (tertiary/aromatic N) is 1. The van der Waals surface area contributed by atoms with Crippen LogP contribution in [0.5, 0.6) is 17.2 Å². The third-order valence-electron chi connectivity index (χ3n) is 4.29. The van der Waals surface area contributed by atoms with E-state index in [1.165, 1.54) is 25.5 Å². The maximum absolute atomic E-state index is 12.2. The molecule has 0 aromatic heterocycles. The fourth-order valence-electron chi connectivity index (χ4n) is 2.66. The number of hydrogen-bond donors (Lipinski definition) is 3.